The third-order valence-electron chi connectivity index (χ3n) is 4.23. The topological polar surface area (TPSA) is 128 Å². The van der Waals surface area contributed by atoms with E-state index >= 15 is 0 Å². The lowest BCUT2D eigenvalue weighted by Crippen LogP contribution is -2.30. The number of carbonyl (C=O) groups excluding carboxylic acids is 2. The van der Waals surface area contributed by atoms with E-state index in [1.54, 1.807) is 6.07 Å². The zero-order chi connectivity index (χ0) is 18.4. The first kappa shape index (κ1) is 22.4. The van der Waals surface area contributed by atoms with Crippen molar-refractivity contribution in [3.8, 4) is 0 Å². The molecule has 0 heterocycles. The molecule has 0 aromatic heterocycles. The van der Waals surface area contributed by atoms with Gasteiger partial charge in [0.15, 0.2) is 0 Å². The van der Waals surface area contributed by atoms with Gasteiger partial charge in [-0.25, -0.2) is 8.42 Å². The maximum absolute atomic E-state index is 12.2. The van der Waals surface area contributed by atoms with Crippen LogP contribution in [-0.2, 0) is 24.3 Å². The van der Waals surface area contributed by atoms with E-state index in [0.717, 1.165) is 19.3 Å². The fraction of sp³-hybridized carbons (Fsp3) is 0.500. The number of methoxy groups -OCH3 is 1. The molecular weight excluding hydrogens is 382 g/mol. The number of nitrogens with two attached hydrogens (primary N) is 1. The highest BCUT2D eigenvalue weighted by atomic mass is 35.5. The molecule has 8 nitrogen and oxygen atoms in total. The van der Waals surface area contributed by atoms with Crippen LogP contribution in [0.25, 0.3) is 0 Å². The second-order valence-corrected chi connectivity index (χ2v) is 7.80. The zero-order valence-electron chi connectivity index (χ0n) is 14.4. The van der Waals surface area contributed by atoms with Crippen molar-refractivity contribution < 1.29 is 22.7 Å². The van der Waals surface area contributed by atoms with Gasteiger partial charge in [0, 0.05) is 18.2 Å². The Hall–Kier alpha value is -1.68. The Morgan fingerprint density at radius 2 is 2.04 bits per heavy atom. The van der Waals surface area contributed by atoms with Gasteiger partial charge in [-0.1, -0.05) is 12.5 Å². The summed E-state index contributed by atoms with van der Waals surface area (Å²) in [5, 5.41) is 2.70. The van der Waals surface area contributed by atoms with Crippen LogP contribution in [0.15, 0.2) is 29.2 Å². The Kier molecular flexibility index (Phi) is 8.48. The molecule has 0 bridgehead atoms. The molecule has 1 aromatic rings. The van der Waals surface area contributed by atoms with Crippen LogP contribution in [0, 0.1) is 5.92 Å². The summed E-state index contributed by atoms with van der Waals surface area (Å²) in [7, 11) is -2.71. The lowest BCUT2D eigenvalue weighted by Gasteiger charge is -2.15. The summed E-state index contributed by atoms with van der Waals surface area (Å²) in [6, 6.07) is 5.88. The summed E-state index contributed by atoms with van der Waals surface area (Å²) in [6.07, 6.45) is 3.20. The second-order valence-electron chi connectivity index (χ2n) is 6.04. The Morgan fingerprint density at radius 3 is 2.65 bits per heavy atom. The van der Waals surface area contributed by atoms with Crippen molar-refractivity contribution >= 4 is 40.0 Å². The molecule has 4 N–H and O–H groups in total. The SMILES string of the molecule is COC(=O)CNS(=O)(=O)c1cccc(NC(=O)C[C@@H]2CCC[C@H]2N)c1.Cl. The van der Waals surface area contributed by atoms with Crippen molar-refractivity contribution in [1.82, 2.24) is 4.72 Å². The Bertz CT molecular complexity index is 741. The number of carbonyl (C=O) groups is 2. The third kappa shape index (κ3) is 6.24. The van der Waals surface area contributed by atoms with Gasteiger partial charge in [-0.2, -0.15) is 4.72 Å². The minimum Gasteiger partial charge on any atom is -0.468 e. The van der Waals surface area contributed by atoms with Crippen LogP contribution in [0.5, 0.6) is 0 Å². The number of halogens is 1. The first-order valence-corrected chi connectivity index (χ1v) is 9.52. The van der Waals surface area contributed by atoms with Gasteiger partial charge in [0.1, 0.15) is 6.54 Å². The summed E-state index contributed by atoms with van der Waals surface area (Å²) < 4.78 is 30.9. The highest BCUT2D eigenvalue weighted by Crippen LogP contribution is 2.27. The van der Waals surface area contributed by atoms with Crippen LogP contribution >= 0.6 is 12.4 Å². The number of hydrogen-bond donors (Lipinski definition) is 3. The molecule has 0 radical (unpaired) electrons. The molecule has 26 heavy (non-hydrogen) atoms. The number of rotatable bonds is 7. The molecular formula is C16H24ClN3O5S. The fourth-order valence-electron chi connectivity index (χ4n) is 2.82. The highest BCUT2D eigenvalue weighted by Gasteiger charge is 2.26. The van der Waals surface area contributed by atoms with Crippen LogP contribution < -0.4 is 15.8 Å². The Morgan fingerprint density at radius 1 is 1.31 bits per heavy atom. The van der Waals surface area contributed by atoms with Crippen molar-refractivity contribution in [2.45, 2.75) is 36.6 Å². The molecule has 1 aliphatic carbocycles. The van der Waals surface area contributed by atoms with Crippen molar-refractivity contribution in [2.24, 2.45) is 11.7 Å². The summed E-state index contributed by atoms with van der Waals surface area (Å²) in [5.74, 6) is -0.728. The van der Waals surface area contributed by atoms with E-state index in [1.165, 1.54) is 25.3 Å². The average Bonchev–Trinajstić information content (AvgIpc) is 2.97. The van der Waals surface area contributed by atoms with Crippen molar-refractivity contribution in [3.63, 3.8) is 0 Å². The molecule has 10 heteroatoms. The first-order chi connectivity index (χ1) is 11.8. The number of amides is 1. The molecule has 2 atom stereocenters. The quantitative estimate of drug-likeness (QED) is 0.581. The predicted octanol–water partition coefficient (Wildman–Crippen LogP) is 1.02. The largest absolute Gasteiger partial charge is 0.468 e. The second kappa shape index (κ2) is 9.86. The monoisotopic (exact) mass is 405 g/mol. The van der Waals surface area contributed by atoms with Gasteiger partial charge < -0.3 is 15.8 Å². The Labute approximate surface area is 159 Å². The van der Waals surface area contributed by atoms with E-state index in [9.17, 15) is 18.0 Å². The van der Waals surface area contributed by atoms with E-state index < -0.39 is 22.5 Å². The zero-order valence-corrected chi connectivity index (χ0v) is 16.1. The van der Waals surface area contributed by atoms with E-state index in [0.29, 0.717) is 12.1 Å². The summed E-state index contributed by atoms with van der Waals surface area (Å²) >= 11 is 0. The summed E-state index contributed by atoms with van der Waals surface area (Å²) in [5.41, 5.74) is 6.34. The number of hydrogen-bond acceptors (Lipinski definition) is 6. The van der Waals surface area contributed by atoms with Gasteiger partial charge in [-0.3, -0.25) is 9.59 Å². The number of ether oxygens (including phenoxy) is 1. The average molecular weight is 406 g/mol. The molecule has 1 aliphatic rings. The molecule has 146 valence electrons. The molecule has 1 saturated carbocycles. The number of nitrogens with one attached hydrogen (secondary N) is 2. The fourth-order valence-corrected chi connectivity index (χ4v) is 3.83. The predicted molar refractivity (Wildman–Crippen MR) is 99.5 cm³/mol. The van der Waals surface area contributed by atoms with E-state index in [2.05, 4.69) is 14.8 Å². The van der Waals surface area contributed by atoms with Crippen LogP contribution in [0.2, 0.25) is 0 Å². The van der Waals surface area contributed by atoms with Gasteiger partial charge >= 0.3 is 5.97 Å². The van der Waals surface area contributed by atoms with Crippen molar-refractivity contribution in [3.05, 3.63) is 24.3 Å². The van der Waals surface area contributed by atoms with Gasteiger partial charge in [-0.15, -0.1) is 12.4 Å². The molecule has 1 aromatic carbocycles. The van der Waals surface area contributed by atoms with Crippen LogP contribution in [-0.4, -0.2) is 40.0 Å². The number of sulfonamides is 1. The van der Waals surface area contributed by atoms with Gasteiger partial charge in [-0.05, 0) is 37.0 Å². The number of esters is 1. The highest BCUT2D eigenvalue weighted by molar-refractivity contribution is 7.89. The van der Waals surface area contributed by atoms with Crippen molar-refractivity contribution in [2.75, 3.05) is 19.0 Å². The van der Waals surface area contributed by atoms with E-state index in [4.69, 9.17) is 5.73 Å². The van der Waals surface area contributed by atoms with E-state index in [1.807, 2.05) is 0 Å². The molecule has 1 fully saturated rings. The maximum Gasteiger partial charge on any atom is 0.320 e. The minimum atomic E-state index is -3.88. The molecule has 2 rings (SSSR count). The number of benzene rings is 1. The summed E-state index contributed by atoms with van der Waals surface area (Å²) in [6.45, 7) is -0.463. The molecule has 0 spiro atoms. The minimum absolute atomic E-state index is 0. The number of anilines is 1. The van der Waals surface area contributed by atoms with Gasteiger partial charge in [0.25, 0.3) is 0 Å². The smallest absolute Gasteiger partial charge is 0.320 e. The van der Waals surface area contributed by atoms with Crippen LogP contribution in [0.3, 0.4) is 0 Å². The van der Waals surface area contributed by atoms with Gasteiger partial charge in [0.2, 0.25) is 15.9 Å². The van der Waals surface area contributed by atoms with Crippen molar-refractivity contribution in [1.29, 1.82) is 0 Å². The lowest BCUT2D eigenvalue weighted by molar-refractivity contribution is -0.139. The molecule has 0 unspecified atom stereocenters. The maximum atomic E-state index is 12.2. The first-order valence-electron chi connectivity index (χ1n) is 8.04. The van der Waals surface area contributed by atoms with Crippen LogP contribution in [0.1, 0.15) is 25.7 Å². The van der Waals surface area contributed by atoms with Crippen LogP contribution in [0.4, 0.5) is 5.69 Å². The molecule has 0 aliphatic heterocycles. The third-order valence-corrected chi connectivity index (χ3v) is 5.63. The van der Waals surface area contributed by atoms with E-state index in [-0.39, 0.29) is 35.2 Å². The molecule has 1 amide bonds. The lowest BCUT2D eigenvalue weighted by atomic mass is 10.00. The van der Waals surface area contributed by atoms with Gasteiger partial charge in [0.05, 0.1) is 12.0 Å². The normalized spacial score (nSPS) is 19.5. The Balaban J connectivity index is 0.00000338. The standard InChI is InChI=1S/C16H23N3O5S.ClH/c1-24-16(21)10-18-25(22,23)13-6-3-5-12(9-13)19-15(20)8-11-4-2-7-14(11)17;/h3,5-6,9,11,14,18H,2,4,7-8,10,17H2,1H3,(H,19,20);1H/t11-,14+;/m0./s1. The summed E-state index contributed by atoms with van der Waals surface area (Å²) in [4.78, 5) is 23.2. The molecule has 0 saturated heterocycles.